The van der Waals surface area contributed by atoms with Gasteiger partial charge in [-0.3, -0.25) is 9.78 Å². The van der Waals surface area contributed by atoms with E-state index in [-0.39, 0.29) is 17.7 Å². The second kappa shape index (κ2) is 10.9. The standard InChI is InChI=1S/C27H25ClF2N4O/c1-17-14-33-26(15-32-17)27(35)34-7-6-19(16-34)9-20(10-21-4-5-23(29)12-25(21)30)8-18-2-3-22(13-31)24(28)11-18/h2-5,11-12,14-15,19-20H,6-10,16H2,1H3/t19-,20?/m1/s1. The fourth-order valence-corrected chi connectivity index (χ4v) is 4.94. The van der Waals surface area contributed by atoms with Crippen LogP contribution in [0.15, 0.2) is 48.8 Å². The number of nitrogens with zero attached hydrogens (tertiary/aromatic N) is 4. The lowest BCUT2D eigenvalue weighted by Gasteiger charge is -2.22. The highest BCUT2D eigenvalue weighted by molar-refractivity contribution is 6.31. The van der Waals surface area contributed by atoms with E-state index in [1.54, 1.807) is 23.2 Å². The van der Waals surface area contributed by atoms with Gasteiger partial charge in [0.25, 0.3) is 5.91 Å². The van der Waals surface area contributed by atoms with Crippen molar-refractivity contribution < 1.29 is 13.6 Å². The number of carbonyl (C=O) groups is 1. The summed E-state index contributed by atoms with van der Waals surface area (Å²) in [5.74, 6) is -1.03. The third-order valence-electron chi connectivity index (χ3n) is 6.44. The second-order valence-corrected chi connectivity index (χ2v) is 9.53. The zero-order valence-electron chi connectivity index (χ0n) is 19.3. The van der Waals surface area contributed by atoms with Gasteiger partial charge in [0, 0.05) is 25.4 Å². The highest BCUT2D eigenvalue weighted by Crippen LogP contribution is 2.30. The average Bonchev–Trinajstić information content (AvgIpc) is 3.29. The number of hydrogen-bond acceptors (Lipinski definition) is 4. The molecule has 1 amide bonds. The molecule has 0 radical (unpaired) electrons. The van der Waals surface area contributed by atoms with Crippen LogP contribution in [0.25, 0.3) is 0 Å². The second-order valence-electron chi connectivity index (χ2n) is 9.12. The lowest BCUT2D eigenvalue weighted by molar-refractivity contribution is 0.0779. The van der Waals surface area contributed by atoms with Crippen LogP contribution >= 0.6 is 11.6 Å². The first-order valence-corrected chi connectivity index (χ1v) is 11.9. The van der Waals surface area contributed by atoms with Crippen molar-refractivity contribution in [3.8, 4) is 6.07 Å². The van der Waals surface area contributed by atoms with Crippen LogP contribution in [0.5, 0.6) is 0 Å². The molecule has 5 nitrogen and oxygen atoms in total. The Bertz CT molecular complexity index is 1260. The summed E-state index contributed by atoms with van der Waals surface area (Å²) in [6, 6.07) is 11.0. The average molecular weight is 495 g/mol. The van der Waals surface area contributed by atoms with Crippen LogP contribution < -0.4 is 0 Å². The van der Waals surface area contributed by atoms with E-state index in [0.717, 1.165) is 30.2 Å². The molecule has 1 aliphatic rings. The lowest BCUT2D eigenvalue weighted by Crippen LogP contribution is -2.30. The minimum Gasteiger partial charge on any atom is -0.337 e. The number of aryl methyl sites for hydroxylation is 1. The minimum absolute atomic E-state index is 0.0400. The molecule has 0 aliphatic carbocycles. The molecular weight excluding hydrogens is 470 g/mol. The number of rotatable bonds is 7. The van der Waals surface area contributed by atoms with Crippen LogP contribution in [0.4, 0.5) is 8.78 Å². The first-order valence-electron chi connectivity index (χ1n) is 11.5. The Balaban J connectivity index is 1.48. The molecule has 8 heteroatoms. The molecule has 1 saturated heterocycles. The van der Waals surface area contributed by atoms with E-state index in [9.17, 15) is 13.6 Å². The largest absolute Gasteiger partial charge is 0.337 e. The molecule has 4 rings (SSSR count). The van der Waals surface area contributed by atoms with E-state index in [1.807, 2.05) is 13.0 Å². The Labute approximate surface area is 208 Å². The molecule has 2 atom stereocenters. The van der Waals surface area contributed by atoms with Crippen molar-refractivity contribution in [2.75, 3.05) is 13.1 Å². The molecule has 0 N–H and O–H groups in total. The Morgan fingerprint density at radius 2 is 2.03 bits per heavy atom. The first-order chi connectivity index (χ1) is 16.8. The summed E-state index contributed by atoms with van der Waals surface area (Å²) in [6.07, 6.45) is 5.73. The quantitative estimate of drug-likeness (QED) is 0.432. The Morgan fingerprint density at radius 1 is 1.20 bits per heavy atom. The summed E-state index contributed by atoms with van der Waals surface area (Å²) in [5, 5.41) is 9.53. The van der Waals surface area contributed by atoms with Crippen LogP contribution in [0.3, 0.4) is 0 Å². The SMILES string of the molecule is Cc1cnc(C(=O)N2CC[C@H](CC(Cc3ccc(C#N)c(Cl)c3)Cc3ccc(F)cc3F)C2)cn1. The fourth-order valence-electron chi connectivity index (χ4n) is 4.69. The summed E-state index contributed by atoms with van der Waals surface area (Å²) < 4.78 is 27.9. The van der Waals surface area contributed by atoms with Gasteiger partial charge >= 0.3 is 0 Å². The Morgan fingerprint density at radius 3 is 2.71 bits per heavy atom. The van der Waals surface area contributed by atoms with Crippen LogP contribution in [0.2, 0.25) is 5.02 Å². The Kier molecular flexibility index (Phi) is 7.72. The summed E-state index contributed by atoms with van der Waals surface area (Å²) in [5.41, 5.74) is 2.88. The van der Waals surface area contributed by atoms with E-state index in [4.69, 9.17) is 16.9 Å². The molecule has 180 valence electrons. The van der Waals surface area contributed by atoms with E-state index in [2.05, 4.69) is 16.0 Å². The molecule has 0 spiro atoms. The highest BCUT2D eigenvalue weighted by atomic mass is 35.5. The molecule has 1 aromatic heterocycles. The topological polar surface area (TPSA) is 69.9 Å². The third-order valence-corrected chi connectivity index (χ3v) is 6.75. The molecule has 0 bridgehead atoms. The van der Waals surface area contributed by atoms with Gasteiger partial charge in [-0.2, -0.15) is 5.26 Å². The minimum atomic E-state index is -0.606. The van der Waals surface area contributed by atoms with Crippen molar-refractivity contribution in [1.29, 1.82) is 5.26 Å². The zero-order chi connectivity index (χ0) is 24.9. The van der Waals surface area contributed by atoms with Crippen LogP contribution in [0.1, 0.15) is 45.7 Å². The number of aromatic nitrogens is 2. The Hall–Kier alpha value is -3.37. The molecule has 35 heavy (non-hydrogen) atoms. The number of carbonyl (C=O) groups excluding carboxylic acids is 1. The van der Waals surface area contributed by atoms with Gasteiger partial charge in [-0.05, 0) is 73.8 Å². The predicted octanol–water partition coefficient (Wildman–Crippen LogP) is 5.54. The molecule has 1 aliphatic heterocycles. The van der Waals surface area contributed by atoms with Gasteiger partial charge in [0.15, 0.2) is 0 Å². The van der Waals surface area contributed by atoms with Gasteiger partial charge in [0.2, 0.25) is 0 Å². The molecule has 3 aromatic rings. The molecular formula is C27H25ClF2N4O. The molecule has 1 unspecified atom stereocenters. The van der Waals surface area contributed by atoms with E-state index >= 15 is 0 Å². The summed E-state index contributed by atoms with van der Waals surface area (Å²) in [4.78, 5) is 23.0. The van der Waals surface area contributed by atoms with Gasteiger partial charge < -0.3 is 4.90 Å². The number of likely N-dealkylation sites (tertiary alicyclic amines) is 1. The smallest absolute Gasteiger partial charge is 0.274 e. The predicted molar refractivity (Wildman–Crippen MR) is 129 cm³/mol. The van der Waals surface area contributed by atoms with Crippen LogP contribution in [-0.4, -0.2) is 33.9 Å². The van der Waals surface area contributed by atoms with Crippen molar-refractivity contribution >= 4 is 17.5 Å². The van der Waals surface area contributed by atoms with Crippen LogP contribution in [0, 0.1) is 41.7 Å². The maximum absolute atomic E-state index is 14.4. The monoisotopic (exact) mass is 494 g/mol. The number of hydrogen-bond donors (Lipinski definition) is 0. The van der Waals surface area contributed by atoms with Crippen molar-refractivity contribution in [2.45, 2.75) is 32.6 Å². The lowest BCUT2D eigenvalue weighted by atomic mass is 9.84. The van der Waals surface area contributed by atoms with Gasteiger partial charge in [-0.15, -0.1) is 0 Å². The fraction of sp³-hybridized carbons (Fsp3) is 0.333. The maximum Gasteiger partial charge on any atom is 0.274 e. The normalized spacial score (nSPS) is 16.2. The van der Waals surface area contributed by atoms with E-state index < -0.39 is 11.6 Å². The molecule has 0 saturated carbocycles. The van der Waals surface area contributed by atoms with Gasteiger partial charge in [0.05, 0.1) is 22.5 Å². The van der Waals surface area contributed by atoms with Crippen molar-refractivity contribution in [3.63, 3.8) is 0 Å². The number of nitriles is 1. The number of amides is 1. The third kappa shape index (κ3) is 6.20. The van der Waals surface area contributed by atoms with E-state index in [1.165, 1.54) is 18.3 Å². The molecule has 1 fully saturated rings. The number of halogens is 3. The summed E-state index contributed by atoms with van der Waals surface area (Å²) >= 11 is 6.23. The summed E-state index contributed by atoms with van der Waals surface area (Å²) in [6.45, 7) is 3.03. The maximum atomic E-state index is 14.4. The zero-order valence-corrected chi connectivity index (χ0v) is 20.1. The van der Waals surface area contributed by atoms with Gasteiger partial charge in [-0.1, -0.05) is 23.7 Å². The van der Waals surface area contributed by atoms with Gasteiger partial charge in [0.1, 0.15) is 23.4 Å². The van der Waals surface area contributed by atoms with Crippen molar-refractivity contribution in [2.24, 2.45) is 11.8 Å². The highest BCUT2D eigenvalue weighted by Gasteiger charge is 2.30. The van der Waals surface area contributed by atoms with Crippen LogP contribution in [-0.2, 0) is 12.8 Å². The first kappa shape index (κ1) is 24.7. The van der Waals surface area contributed by atoms with E-state index in [0.29, 0.717) is 47.8 Å². The van der Waals surface area contributed by atoms with Crippen molar-refractivity contribution in [1.82, 2.24) is 14.9 Å². The van der Waals surface area contributed by atoms with Gasteiger partial charge in [-0.25, -0.2) is 13.8 Å². The molecule has 2 heterocycles. The van der Waals surface area contributed by atoms with Crippen molar-refractivity contribution in [3.05, 3.63) is 93.5 Å². The summed E-state index contributed by atoms with van der Waals surface area (Å²) in [7, 11) is 0. The number of benzene rings is 2. The molecule has 2 aromatic carbocycles.